The summed E-state index contributed by atoms with van der Waals surface area (Å²) in [6, 6.07) is 8.02. The number of amides is 1. The van der Waals surface area contributed by atoms with Gasteiger partial charge in [0.15, 0.2) is 0 Å². The second kappa shape index (κ2) is 8.45. The van der Waals surface area contributed by atoms with Crippen molar-refractivity contribution in [1.29, 1.82) is 0 Å². The van der Waals surface area contributed by atoms with Crippen molar-refractivity contribution in [2.24, 2.45) is 0 Å². The third kappa shape index (κ3) is 3.98. The number of piperazine rings is 1. The van der Waals surface area contributed by atoms with Gasteiger partial charge in [0, 0.05) is 32.6 Å². The van der Waals surface area contributed by atoms with E-state index < -0.39 is 0 Å². The summed E-state index contributed by atoms with van der Waals surface area (Å²) < 4.78 is 6.17. The number of nitrogens with zero attached hydrogens (tertiary/aromatic N) is 4. The Kier molecular flexibility index (Phi) is 5.77. The average molecular weight is 461 g/mol. The monoisotopic (exact) mass is 460 g/mol. The number of aryl methyl sites for hydroxylation is 1. The number of hydrogen-bond donors (Lipinski definition) is 0. The van der Waals surface area contributed by atoms with Gasteiger partial charge in [-0.3, -0.25) is 4.79 Å². The molecular formula is C20H21BrN4O2S. The third-order valence-electron chi connectivity index (χ3n) is 5.02. The molecule has 0 radical (unpaired) electrons. The Bertz CT molecular complexity index is 985. The van der Waals surface area contributed by atoms with Gasteiger partial charge < -0.3 is 14.5 Å². The van der Waals surface area contributed by atoms with Crippen molar-refractivity contribution in [3.63, 3.8) is 0 Å². The smallest absolute Gasteiger partial charge is 0.223 e. The molecule has 0 atom stereocenters. The van der Waals surface area contributed by atoms with Crippen LogP contribution < -0.4 is 9.64 Å². The highest BCUT2D eigenvalue weighted by Gasteiger charge is 2.23. The van der Waals surface area contributed by atoms with E-state index in [0.717, 1.165) is 64.4 Å². The van der Waals surface area contributed by atoms with E-state index in [1.165, 1.54) is 0 Å². The number of hydrogen-bond acceptors (Lipinski definition) is 6. The van der Waals surface area contributed by atoms with Gasteiger partial charge in [-0.1, -0.05) is 6.07 Å². The number of thiophene rings is 1. The molecule has 1 saturated heterocycles. The molecule has 1 aliphatic rings. The highest BCUT2D eigenvalue weighted by atomic mass is 79.9. The van der Waals surface area contributed by atoms with Crippen molar-refractivity contribution in [3.05, 3.63) is 46.0 Å². The molecule has 0 N–H and O–H groups in total. The van der Waals surface area contributed by atoms with Gasteiger partial charge in [-0.2, -0.15) is 0 Å². The summed E-state index contributed by atoms with van der Waals surface area (Å²) in [6.07, 6.45) is 2.86. The molecule has 4 rings (SSSR count). The maximum Gasteiger partial charge on any atom is 0.223 e. The van der Waals surface area contributed by atoms with E-state index in [1.54, 1.807) is 24.8 Å². The molecule has 0 spiro atoms. The van der Waals surface area contributed by atoms with E-state index in [9.17, 15) is 4.79 Å². The minimum Gasteiger partial charge on any atom is -0.496 e. The molecular weight excluding hydrogens is 440 g/mol. The van der Waals surface area contributed by atoms with Crippen LogP contribution in [0.5, 0.6) is 5.75 Å². The van der Waals surface area contributed by atoms with Crippen LogP contribution in [0.25, 0.3) is 10.2 Å². The summed E-state index contributed by atoms with van der Waals surface area (Å²) in [5, 5.41) is 3.14. The maximum atomic E-state index is 12.6. The quantitative estimate of drug-likeness (QED) is 0.580. The number of carbonyl (C=O) groups is 1. The zero-order chi connectivity index (χ0) is 19.5. The van der Waals surface area contributed by atoms with Crippen LogP contribution in [0.15, 0.2) is 40.4 Å². The first-order valence-corrected chi connectivity index (χ1v) is 10.9. The van der Waals surface area contributed by atoms with E-state index in [0.29, 0.717) is 6.42 Å². The second-order valence-corrected chi connectivity index (χ2v) is 8.42. The van der Waals surface area contributed by atoms with Crippen molar-refractivity contribution < 1.29 is 9.53 Å². The van der Waals surface area contributed by atoms with Crippen LogP contribution in [-0.4, -0.2) is 54.1 Å². The molecule has 1 aromatic carbocycles. The average Bonchev–Trinajstić information content (AvgIpc) is 3.21. The number of aromatic nitrogens is 2. The van der Waals surface area contributed by atoms with Crippen LogP contribution in [0, 0.1) is 0 Å². The number of fused-ring (bicyclic) bond motifs is 1. The first-order chi connectivity index (χ1) is 13.7. The van der Waals surface area contributed by atoms with Crippen LogP contribution >= 0.6 is 27.3 Å². The van der Waals surface area contributed by atoms with Crippen molar-refractivity contribution in [3.8, 4) is 5.75 Å². The van der Waals surface area contributed by atoms with Crippen LogP contribution in [0.4, 0.5) is 5.82 Å². The largest absolute Gasteiger partial charge is 0.496 e. The van der Waals surface area contributed by atoms with Gasteiger partial charge >= 0.3 is 0 Å². The highest BCUT2D eigenvalue weighted by molar-refractivity contribution is 9.10. The first kappa shape index (κ1) is 19.1. The number of ether oxygens (including phenoxy) is 1. The molecule has 1 aliphatic heterocycles. The molecule has 1 amide bonds. The third-order valence-corrected chi connectivity index (χ3v) is 6.46. The minimum absolute atomic E-state index is 0.204. The van der Waals surface area contributed by atoms with Gasteiger partial charge in [0.25, 0.3) is 0 Å². The Labute approximate surface area is 176 Å². The van der Waals surface area contributed by atoms with E-state index in [4.69, 9.17) is 4.74 Å². The van der Waals surface area contributed by atoms with E-state index >= 15 is 0 Å². The lowest BCUT2D eigenvalue weighted by atomic mass is 10.1. The maximum absolute atomic E-state index is 12.6. The van der Waals surface area contributed by atoms with E-state index in [-0.39, 0.29) is 5.91 Å². The molecule has 28 heavy (non-hydrogen) atoms. The van der Waals surface area contributed by atoms with Crippen molar-refractivity contribution in [2.45, 2.75) is 12.8 Å². The highest BCUT2D eigenvalue weighted by Crippen LogP contribution is 2.28. The van der Waals surface area contributed by atoms with Crippen LogP contribution in [0.2, 0.25) is 0 Å². The topological polar surface area (TPSA) is 58.6 Å². The van der Waals surface area contributed by atoms with Crippen LogP contribution in [0.3, 0.4) is 0 Å². The molecule has 8 heteroatoms. The standard InChI is InChI=1S/C20H21BrN4O2S/c1-27-17-4-2-14(12-16(17)21)3-5-18(26)24-7-9-25(10-8-24)19-15-6-11-28-20(15)23-13-22-19/h2,4,6,11-13H,3,5,7-10H2,1H3. The molecule has 1 fully saturated rings. The summed E-state index contributed by atoms with van der Waals surface area (Å²) in [7, 11) is 1.65. The Hall–Kier alpha value is -2.19. The number of anilines is 1. The fraction of sp³-hybridized carbons (Fsp3) is 0.350. The number of carbonyl (C=O) groups excluding carboxylic acids is 1. The summed E-state index contributed by atoms with van der Waals surface area (Å²) in [6.45, 7) is 3.03. The number of benzene rings is 1. The molecule has 0 bridgehead atoms. The predicted molar refractivity (Wildman–Crippen MR) is 115 cm³/mol. The van der Waals surface area contributed by atoms with Crippen molar-refractivity contribution in [1.82, 2.24) is 14.9 Å². The summed E-state index contributed by atoms with van der Waals surface area (Å²) in [5.74, 6) is 1.98. The summed E-state index contributed by atoms with van der Waals surface area (Å²) in [5.41, 5.74) is 1.13. The number of rotatable bonds is 5. The van der Waals surface area contributed by atoms with Gasteiger partial charge in [0.05, 0.1) is 17.0 Å². The van der Waals surface area contributed by atoms with Gasteiger partial charge in [0.2, 0.25) is 5.91 Å². The summed E-state index contributed by atoms with van der Waals surface area (Å²) >= 11 is 5.12. The van der Waals surface area contributed by atoms with Crippen molar-refractivity contribution >= 4 is 49.2 Å². The fourth-order valence-electron chi connectivity index (χ4n) is 3.47. The zero-order valence-electron chi connectivity index (χ0n) is 15.6. The Morgan fingerprint density at radius 3 is 2.79 bits per heavy atom. The SMILES string of the molecule is COc1ccc(CCC(=O)N2CCN(c3ncnc4sccc34)CC2)cc1Br. The zero-order valence-corrected chi connectivity index (χ0v) is 18.0. The molecule has 3 aromatic rings. The van der Waals surface area contributed by atoms with Crippen LogP contribution in [-0.2, 0) is 11.2 Å². The molecule has 146 valence electrons. The normalized spacial score (nSPS) is 14.5. The van der Waals surface area contributed by atoms with E-state index in [2.05, 4.69) is 36.9 Å². The fourth-order valence-corrected chi connectivity index (χ4v) is 4.79. The lowest BCUT2D eigenvalue weighted by molar-refractivity contribution is -0.131. The molecule has 0 aliphatic carbocycles. The van der Waals surface area contributed by atoms with Crippen LogP contribution in [0.1, 0.15) is 12.0 Å². The molecule has 6 nitrogen and oxygen atoms in total. The van der Waals surface area contributed by atoms with Crippen molar-refractivity contribution in [2.75, 3.05) is 38.2 Å². The lowest BCUT2D eigenvalue weighted by Gasteiger charge is -2.35. The molecule has 3 heterocycles. The second-order valence-electron chi connectivity index (χ2n) is 6.67. The van der Waals surface area contributed by atoms with Gasteiger partial charge in [-0.25, -0.2) is 9.97 Å². The molecule has 0 unspecified atom stereocenters. The predicted octanol–water partition coefficient (Wildman–Crippen LogP) is 3.74. The summed E-state index contributed by atoms with van der Waals surface area (Å²) in [4.78, 5) is 26.6. The number of methoxy groups -OCH3 is 1. The van der Waals surface area contributed by atoms with Gasteiger partial charge in [-0.15, -0.1) is 11.3 Å². The first-order valence-electron chi connectivity index (χ1n) is 9.19. The van der Waals surface area contributed by atoms with Gasteiger partial charge in [-0.05, 0) is 51.5 Å². The Morgan fingerprint density at radius 2 is 2.04 bits per heavy atom. The molecule has 2 aromatic heterocycles. The van der Waals surface area contributed by atoms with Gasteiger partial charge in [0.1, 0.15) is 22.7 Å². The molecule has 0 saturated carbocycles. The lowest BCUT2D eigenvalue weighted by Crippen LogP contribution is -2.49. The Balaban J connectivity index is 1.33. The minimum atomic E-state index is 0.204. The Morgan fingerprint density at radius 1 is 1.21 bits per heavy atom. The van der Waals surface area contributed by atoms with E-state index in [1.807, 2.05) is 28.5 Å². The number of halogens is 1.